The van der Waals surface area contributed by atoms with Crippen molar-refractivity contribution in [2.75, 3.05) is 26.3 Å². The van der Waals surface area contributed by atoms with Crippen molar-refractivity contribution in [3.63, 3.8) is 0 Å². The lowest BCUT2D eigenvalue weighted by atomic mass is 9.93. The van der Waals surface area contributed by atoms with Crippen LogP contribution in [0.25, 0.3) is 0 Å². The summed E-state index contributed by atoms with van der Waals surface area (Å²) in [4.78, 5) is 2.37. The van der Waals surface area contributed by atoms with Gasteiger partial charge in [-0.05, 0) is 31.6 Å². The monoisotopic (exact) mass is 223 g/mol. The van der Waals surface area contributed by atoms with Crippen molar-refractivity contribution in [1.29, 1.82) is 0 Å². The lowest BCUT2D eigenvalue weighted by Crippen LogP contribution is -2.41. The van der Waals surface area contributed by atoms with Gasteiger partial charge < -0.3 is 9.84 Å². The Morgan fingerprint density at radius 1 is 1.50 bits per heavy atom. The molecular weight excluding hydrogens is 202 g/mol. The summed E-state index contributed by atoms with van der Waals surface area (Å²) < 4.78 is 5.94. The Hall–Kier alpha value is -0.380. The lowest BCUT2D eigenvalue weighted by molar-refractivity contribution is 0.0497. The van der Waals surface area contributed by atoms with Crippen LogP contribution in [-0.2, 0) is 4.74 Å². The maximum Gasteiger partial charge on any atom is 0.0721 e. The number of aliphatic hydroxyl groups is 1. The molecule has 16 heavy (non-hydrogen) atoms. The maximum absolute atomic E-state index is 9.61. The first-order valence-corrected chi connectivity index (χ1v) is 6.36. The van der Waals surface area contributed by atoms with Crippen LogP contribution in [0.2, 0.25) is 0 Å². The zero-order chi connectivity index (χ0) is 11.2. The highest BCUT2D eigenvalue weighted by Crippen LogP contribution is 2.42. The lowest BCUT2D eigenvalue weighted by Gasteiger charge is -2.28. The first-order chi connectivity index (χ1) is 7.72. The Balaban J connectivity index is 1.60. The van der Waals surface area contributed by atoms with Gasteiger partial charge in [-0.15, -0.1) is 0 Å². The second-order valence-electron chi connectivity index (χ2n) is 5.79. The minimum atomic E-state index is -0.0364. The molecule has 0 bridgehead atoms. The van der Waals surface area contributed by atoms with E-state index in [1.807, 2.05) is 0 Å². The van der Waals surface area contributed by atoms with Crippen molar-refractivity contribution in [2.24, 2.45) is 5.92 Å². The molecule has 0 amide bonds. The molecule has 1 aliphatic carbocycles. The quantitative estimate of drug-likeness (QED) is 0.726. The summed E-state index contributed by atoms with van der Waals surface area (Å²) in [6.07, 6.45) is 4.96. The third-order valence-corrected chi connectivity index (χ3v) is 4.25. The van der Waals surface area contributed by atoms with E-state index >= 15 is 0 Å². The van der Waals surface area contributed by atoms with Crippen LogP contribution in [0.4, 0.5) is 0 Å². The largest absolute Gasteiger partial charge is 0.394 e. The third-order valence-electron chi connectivity index (χ3n) is 4.25. The molecule has 0 unspecified atom stereocenters. The molecule has 3 fully saturated rings. The van der Waals surface area contributed by atoms with Gasteiger partial charge in [0.2, 0.25) is 0 Å². The molecule has 0 aromatic carbocycles. The summed E-state index contributed by atoms with van der Waals surface area (Å²) in [6.45, 7) is 7.15. The second kappa shape index (κ2) is 3.83. The highest BCUT2D eigenvalue weighted by molar-refractivity contribution is 5.19. The molecule has 2 aliphatic heterocycles. The fraction of sp³-hybridized carbons (Fsp3) is 0.846. The number of aliphatic hydroxyl groups excluding tert-OH is 1. The molecule has 2 saturated heterocycles. The zero-order valence-electron chi connectivity index (χ0n) is 9.82. The van der Waals surface area contributed by atoms with Gasteiger partial charge in [-0.1, -0.05) is 12.2 Å². The third kappa shape index (κ3) is 1.81. The maximum atomic E-state index is 9.61. The molecular formula is C13H21NO2. The van der Waals surface area contributed by atoms with Gasteiger partial charge in [-0.2, -0.15) is 0 Å². The first kappa shape index (κ1) is 10.8. The van der Waals surface area contributed by atoms with E-state index in [1.165, 1.54) is 18.4 Å². The number of hydrogen-bond donors (Lipinski definition) is 1. The molecule has 3 nitrogen and oxygen atoms in total. The molecule has 3 aliphatic rings. The summed E-state index contributed by atoms with van der Waals surface area (Å²) in [5.41, 5.74) is 1.22. The SMILES string of the molecule is C=C1CN2C[C@H](OCC3CC3)C[C@@]2(CO)C1. The van der Waals surface area contributed by atoms with Crippen LogP contribution in [0.5, 0.6) is 0 Å². The molecule has 0 radical (unpaired) electrons. The fourth-order valence-electron chi connectivity index (χ4n) is 3.15. The normalized spacial score (nSPS) is 39.3. The van der Waals surface area contributed by atoms with Crippen molar-refractivity contribution in [3.8, 4) is 0 Å². The number of nitrogens with zero attached hydrogens (tertiary/aromatic N) is 1. The summed E-state index contributed by atoms with van der Waals surface area (Å²) in [6, 6.07) is 0. The van der Waals surface area contributed by atoms with Crippen LogP contribution >= 0.6 is 0 Å². The molecule has 2 heterocycles. The summed E-state index contributed by atoms with van der Waals surface area (Å²) in [7, 11) is 0. The van der Waals surface area contributed by atoms with E-state index in [0.29, 0.717) is 6.10 Å². The van der Waals surface area contributed by atoms with E-state index in [2.05, 4.69) is 11.5 Å². The molecule has 1 saturated carbocycles. The van der Waals surface area contributed by atoms with Crippen LogP contribution in [0.15, 0.2) is 12.2 Å². The predicted octanol–water partition coefficient (Wildman–Crippen LogP) is 1.18. The van der Waals surface area contributed by atoms with Crippen molar-refractivity contribution in [1.82, 2.24) is 4.90 Å². The molecule has 2 atom stereocenters. The van der Waals surface area contributed by atoms with Gasteiger partial charge >= 0.3 is 0 Å². The van der Waals surface area contributed by atoms with Gasteiger partial charge in [0.25, 0.3) is 0 Å². The Kier molecular flexibility index (Phi) is 2.57. The van der Waals surface area contributed by atoms with Crippen molar-refractivity contribution >= 4 is 0 Å². The second-order valence-corrected chi connectivity index (χ2v) is 5.79. The van der Waals surface area contributed by atoms with Gasteiger partial charge in [0.1, 0.15) is 0 Å². The molecule has 0 aromatic rings. The van der Waals surface area contributed by atoms with E-state index < -0.39 is 0 Å². The number of fused-ring (bicyclic) bond motifs is 1. The van der Waals surface area contributed by atoms with Crippen molar-refractivity contribution in [2.45, 2.75) is 37.3 Å². The average Bonchev–Trinajstić information content (AvgIpc) is 2.94. The van der Waals surface area contributed by atoms with Gasteiger partial charge in [0.15, 0.2) is 0 Å². The Morgan fingerprint density at radius 3 is 2.94 bits per heavy atom. The molecule has 0 spiro atoms. The average molecular weight is 223 g/mol. The number of rotatable bonds is 4. The minimum Gasteiger partial charge on any atom is -0.394 e. The smallest absolute Gasteiger partial charge is 0.0721 e. The van der Waals surface area contributed by atoms with E-state index in [0.717, 1.165) is 38.5 Å². The van der Waals surface area contributed by atoms with E-state index in [-0.39, 0.29) is 12.1 Å². The fourth-order valence-corrected chi connectivity index (χ4v) is 3.15. The summed E-state index contributed by atoms with van der Waals surface area (Å²) in [5, 5.41) is 9.61. The van der Waals surface area contributed by atoms with Crippen LogP contribution in [-0.4, -0.2) is 48.0 Å². The molecule has 90 valence electrons. The number of hydrogen-bond acceptors (Lipinski definition) is 3. The van der Waals surface area contributed by atoms with Gasteiger partial charge in [-0.25, -0.2) is 0 Å². The number of ether oxygens (including phenoxy) is 1. The highest BCUT2D eigenvalue weighted by Gasteiger charge is 2.49. The standard InChI is InChI=1S/C13H21NO2/c1-10-4-13(9-15)5-12(7-14(13)6-10)16-8-11-2-3-11/h11-12,15H,1-9H2/t12-,13-/m1/s1. The van der Waals surface area contributed by atoms with Crippen LogP contribution in [0.3, 0.4) is 0 Å². The molecule has 0 aromatic heterocycles. The molecule has 1 N–H and O–H groups in total. The topological polar surface area (TPSA) is 32.7 Å². The molecule has 3 heteroatoms. The Labute approximate surface area is 97.1 Å². The highest BCUT2D eigenvalue weighted by atomic mass is 16.5. The van der Waals surface area contributed by atoms with Crippen LogP contribution in [0, 0.1) is 5.92 Å². The first-order valence-electron chi connectivity index (χ1n) is 6.36. The van der Waals surface area contributed by atoms with Crippen molar-refractivity contribution in [3.05, 3.63) is 12.2 Å². The van der Waals surface area contributed by atoms with E-state index in [9.17, 15) is 5.11 Å². The van der Waals surface area contributed by atoms with Crippen LogP contribution < -0.4 is 0 Å². The Bertz CT molecular complexity index is 300. The molecule has 3 rings (SSSR count). The minimum absolute atomic E-state index is 0.0364. The van der Waals surface area contributed by atoms with Crippen molar-refractivity contribution < 1.29 is 9.84 Å². The van der Waals surface area contributed by atoms with Crippen LogP contribution in [0.1, 0.15) is 25.7 Å². The van der Waals surface area contributed by atoms with Gasteiger partial charge in [0.05, 0.1) is 18.2 Å². The predicted molar refractivity (Wildman–Crippen MR) is 62.2 cm³/mol. The summed E-state index contributed by atoms with van der Waals surface area (Å²) >= 11 is 0. The summed E-state index contributed by atoms with van der Waals surface area (Å²) in [5.74, 6) is 0.829. The van der Waals surface area contributed by atoms with E-state index in [4.69, 9.17) is 4.74 Å². The van der Waals surface area contributed by atoms with E-state index in [1.54, 1.807) is 0 Å². The van der Waals surface area contributed by atoms with Gasteiger partial charge in [-0.3, -0.25) is 4.90 Å². The Morgan fingerprint density at radius 2 is 2.31 bits per heavy atom. The van der Waals surface area contributed by atoms with Gasteiger partial charge in [0, 0.05) is 19.7 Å². The zero-order valence-corrected chi connectivity index (χ0v) is 9.82.